The van der Waals surface area contributed by atoms with Crippen LogP contribution in [0.4, 0.5) is 0 Å². The van der Waals surface area contributed by atoms with E-state index in [1.54, 1.807) is 13.0 Å². The van der Waals surface area contributed by atoms with Gasteiger partial charge in [0.15, 0.2) is 0 Å². The molecule has 1 aliphatic heterocycles. The second-order valence-electron chi connectivity index (χ2n) is 7.14. The van der Waals surface area contributed by atoms with Gasteiger partial charge in [0.25, 0.3) is 5.91 Å². The molecule has 0 bridgehead atoms. The minimum atomic E-state index is -0.599. The van der Waals surface area contributed by atoms with Crippen molar-refractivity contribution in [2.75, 3.05) is 13.2 Å². The third kappa shape index (κ3) is 3.97. The van der Waals surface area contributed by atoms with Crippen LogP contribution in [0.3, 0.4) is 0 Å². The van der Waals surface area contributed by atoms with Crippen LogP contribution in [0.5, 0.6) is 0 Å². The number of thiophene rings is 1. The third-order valence-corrected chi connectivity index (χ3v) is 5.49. The molecule has 0 radical (unpaired) electrons. The molecule has 2 aromatic rings. The first-order valence-electron chi connectivity index (χ1n) is 8.71. The Labute approximate surface area is 158 Å². The number of carbonyl (C=O) groups is 2. The topological polar surface area (TPSA) is 58.6 Å². The summed E-state index contributed by atoms with van der Waals surface area (Å²) in [6.45, 7) is 6.62. The lowest BCUT2D eigenvalue weighted by molar-refractivity contribution is -0.156. The summed E-state index contributed by atoms with van der Waals surface area (Å²) < 4.78 is 6.00. The second-order valence-corrected chi connectivity index (χ2v) is 8.09. The Kier molecular flexibility index (Phi) is 5.44. The number of nitrogens with one attached hydrogen (secondary N) is 1. The van der Waals surface area contributed by atoms with Gasteiger partial charge in [-0.25, -0.2) is 0 Å². The van der Waals surface area contributed by atoms with Gasteiger partial charge in [0.1, 0.15) is 12.1 Å². The zero-order chi connectivity index (χ0) is 18.7. The zero-order valence-electron chi connectivity index (χ0n) is 15.3. The molecule has 0 spiro atoms. The van der Waals surface area contributed by atoms with E-state index in [1.807, 2.05) is 60.5 Å². The van der Waals surface area contributed by atoms with E-state index in [9.17, 15) is 9.59 Å². The molecule has 3 rings (SSSR count). The van der Waals surface area contributed by atoms with Crippen LogP contribution in [0, 0.1) is 0 Å². The number of hydrogen-bond donors (Lipinski definition) is 1. The molecule has 1 fully saturated rings. The summed E-state index contributed by atoms with van der Waals surface area (Å²) in [5, 5.41) is 4.66. The smallest absolute Gasteiger partial charge is 0.261 e. The van der Waals surface area contributed by atoms with Crippen LogP contribution in [0.1, 0.15) is 42.1 Å². The monoisotopic (exact) mass is 372 g/mol. The van der Waals surface area contributed by atoms with Crippen LogP contribution in [-0.2, 0) is 9.53 Å². The van der Waals surface area contributed by atoms with E-state index in [-0.39, 0.29) is 17.9 Å². The molecule has 1 saturated heterocycles. The van der Waals surface area contributed by atoms with Crippen molar-refractivity contribution in [2.45, 2.75) is 38.5 Å². The molecule has 2 heterocycles. The van der Waals surface area contributed by atoms with Gasteiger partial charge in [-0.2, -0.15) is 0 Å². The molecule has 1 aromatic heterocycles. The van der Waals surface area contributed by atoms with Crippen molar-refractivity contribution in [1.29, 1.82) is 0 Å². The predicted molar refractivity (Wildman–Crippen MR) is 102 cm³/mol. The van der Waals surface area contributed by atoms with Gasteiger partial charge < -0.3 is 15.0 Å². The molecule has 2 atom stereocenters. The molecule has 26 heavy (non-hydrogen) atoms. The van der Waals surface area contributed by atoms with Crippen molar-refractivity contribution < 1.29 is 14.3 Å². The summed E-state index contributed by atoms with van der Waals surface area (Å²) in [5.74, 6) is -0.310. The first-order valence-corrected chi connectivity index (χ1v) is 9.59. The summed E-state index contributed by atoms with van der Waals surface area (Å²) in [7, 11) is 0. The number of benzene rings is 1. The molecule has 0 saturated carbocycles. The molecule has 1 N–H and O–H groups in total. The number of carbonyl (C=O) groups excluding carboxylic acids is 2. The minimum Gasteiger partial charge on any atom is -0.369 e. The normalized spacial score (nSPS) is 20.4. The molecular formula is C20H24N2O3S. The molecule has 138 valence electrons. The van der Waals surface area contributed by atoms with Crippen LogP contribution in [-0.4, -0.2) is 41.4 Å². The number of nitrogens with zero attached hydrogens (tertiary/aromatic N) is 1. The van der Waals surface area contributed by atoms with E-state index in [1.165, 1.54) is 11.3 Å². The van der Waals surface area contributed by atoms with Crippen LogP contribution >= 0.6 is 11.3 Å². The van der Waals surface area contributed by atoms with E-state index in [0.29, 0.717) is 18.0 Å². The van der Waals surface area contributed by atoms with E-state index in [2.05, 4.69) is 5.32 Å². The highest BCUT2D eigenvalue weighted by atomic mass is 32.1. The van der Waals surface area contributed by atoms with Gasteiger partial charge in [-0.05, 0) is 37.8 Å². The highest BCUT2D eigenvalue weighted by Crippen LogP contribution is 2.30. The van der Waals surface area contributed by atoms with E-state index in [4.69, 9.17) is 4.74 Å². The molecule has 2 amide bonds. The fourth-order valence-corrected chi connectivity index (χ4v) is 3.70. The van der Waals surface area contributed by atoms with Gasteiger partial charge >= 0.3 is 0 Å². The first kappa shape index (κ1) is 18.6. The average molecular weight is 372 g/mol. The predicted octanol–water partition coefficient (Wildman–Crippen LogP) is 3.25. The van der Waals surface area contributed by atoms with Crippen molar-refractivity contribution in [3.8, 4) is 0 Å². The van der Waals surface area contributed by atoms with Gasteiger partial charge in [0.2, 0.25) is 5.91 Å². The summed E-state index contributed by atoms with van der Waals surface area (Å²) in [6.07, 6.45) is -0.159. The number of hydrogen-bond acceptors (Lipinski definition) is 4. The van der Waals surface area contributed by atoms with E-state index < -0.39 is 11.6 Å². The van der Waals surface area contributed by atoms with Crippen molar-refractivity contribution >= 4 is 23.2 Å². The Hall–Kier alpha value is -2.18. The summed E-state index contributed by atoms with van der Waals surface area (Å²) in [6, 6.07) is 12.9. The fourth-order valence-electron chi connectivity index (χ4n) is 3.08. The lowest BCUT2D eigenvalue weighted by Crippen LogP contribution is -2.60. The number of rotatable bonds is 4. The molecule has 6 heteroatoms. The van der Waals surface area contributed by atoms with Gasteiger partial charge in [-0.3, -0.25) is 9.59 Å². The van der Waals surface area contributed by atoms with E-state index >= 15 is 0 Å². The molecule has 1 aliphatic rings. The Bertz CT molecular complexity index is 759. The minimum absolute atomic E-state index is 0.0934. The SMILES string of the molecule is CC(NC(=O)c1cccs1)C(=O)N1CC(c2ccccc2)OCC1(C)C. The van der Waals surface area contributed by atoms with Crippen LogP contribution in [0.25, 0.3) is 0 Å². The van der Waals surface area contributed by atoms with Crippen molar-refractivity contribution in [1.82, 2.24) is 10.2 Å². The van der Waals surface area contributed by atoms with E-state index in [0.717, 1.165) is 5.56 Å². The number of amides is 2. The lowest BCUT2D eigenvalue weighted by Gasteiger charge is -2.46. The van der Waals surface area contributed by atoms with Crippen LogP contribution < -0.4 is 5.32 Å². The van der Waals surface area contributed by atoms with Crippen molar-refractivity contribution in [2.24, 2.45) is 0 Å². The van der Waals surface area contributed by atoms with Gasteiger partial charge in [0, 0.05) is 0 Å². The molecule has 5 nitrogen and oxygen atoms in total. The summed E-state index contributed by atoms with van der Waals surface area (Å²) in [5.41, 5.74) is 0.626. The Morgan fingerprint density at radius 2 is 1.96 bits per heavy atom. The molecular weight excluding hydrogens is 348 g/mol. The average Bonchev–Trinajstić information content (AvgIpc) is 3.16. The maximum atomic E-state index is 13.1. The zero-order valence-corrected chi connectivity index (χ0v) is 16.1. The molecule has 2 unspecified atom stereocenters. The molecule has 0 aliphatic carbocycles. The summed E-state index contributed by atoms with van der Waals surface area (Å²) in [4.78, 5) is 27.7. The lowest BCUT2D eigenvalue weighted by atomic mass is 9.97. The fraction of sp³-hybridized carbons (Fsp3) is 0.400. The van der Waals surface area contributed by atoms with Crippen molar-refractivity contribution in [3.05, 3.63) is 58.3 Å². The third-order valence-electron chi connectivity index (χ3n) is 4.62. The largest absolute Gasteiger partial charge is 0.369 e. The maximum absolute atomic E-state index is 13.1. The number of morpholine rings is 1. The van der Waals surface area contributed by atoms with Crippen molar-refractivity contribution in [3.63, 3.8) is 0 Å². The number of ether oxygens (including phenoxy) is 1. The second kappa shape index (κ2) is 7.60. The standard InChI is InChI=1S/C20H24N2O3S/c1-14(21-18(23)17-10-7-11-26-17)19(24)22-12-16(25-13-20(22,2)3)15-8-5-4-6-9-15/h4-11,14,16H,12-13H2,1-3H3,(H,21,23). The Morgan fingerprint density at radius 1 is 1.23 bits per heavy atom. The van der Waals surface area contributed by atoms with Crippen LogP contribution in [0.15, 0.2) is 47.8 Å². The Balaban J connectivity index is 1.71. The van der Waals surface area contributed by atoms with Gasteiger partial charge in [-0.15, -0.1) is 11.3 Å². The molecule has 1 aromatic carbocycles. The van der Waals surface area contributed by atoms with Crippen LogP contribution in [0.2, 0.25) is 0 Å². The van der Waals surface area contributed by atoms with Gasteiger partial charge in [-0.1, -0.05) is 36.4 Å². The Morgan fingerprint density at radius 3 is 2.62 bits per heavy atom. The van der Waals surface area contributed by atoms with Gasteiger partial charge in [0.05, 0.1) is 23.6 Å². The highest BCUT2D eigenvalue weighted by molar-refractivity contribution is 7.12. The first-order chi connectivity index (χ1) is 12.4. The quantitative estimate of drug-likeness (QED) is 0.896. The maximum Gasteiger partial charge on any atom is 0.261 e. The highest BCUT2D eigenvalue weighted by Gasteiger charge is 2.40. The summed E-state index contributed by atoms with van der Waals surface area (Å²) >= 11 is 1.36.